The monoisotopic (exact) mass is 295 g/mol. The number of rotatable bonds is 4. The van der Waals surface area contributed by atoms with Crippen molar-refractivity contribution < 1.29 is 0 Å². The molecule has 1 N–H and O–H groups in total. The molecule has 3 heteroatoms. The van der Waals surface area contributed by atoms with Crippen molar-refractivity contribution in [3.63, 3.8) is 0 Å². The Morgan fingerprint density at radius 1 is 1.26 bits per heavy atom. The molecule has 0 bridgehead atoms. The van der Waals surface area contributed by atoms with Crippen LogP contribution in [-0.2, 0) is 0 Å². The first-order valence-corrected chi connectivity index (χ1v) is 9.24. The average Bonchev–Trinajstić information content (AvgIpc) is 2.44. The fraction of sp³-hybridized carbons (Fsp3) is 0.625. The van der Waals surface area contributed by atoms with Gasteiger partial charge in [-0.05, 0) is 38.4 Å². The van der Waals surface area contributed by atoms with Crippen molar-refractivity contribution in [1.82, 2.24) is 5.32 Å². The smallest absolute Gasteiger partial charge is 0.0451 e. The number of thioether (sulfide) groups is 2. The molecule has 19 heavy (non-hydrogen) atoms. The van der Waals surface area contributed by atoms with E-state index >= 15 is 0 Å². The second-order valence-electron chi connectivity index (χ2n) is 5.28. The fourth-order valence-corrected chi connectivity index (χ4v) is 6.12. The number of nitrogens with one attached hydrogen (secondary N) is 1. The van der Waals surface area contributed by atoms with E-state index in [9.17, 15) is 0 Å². The lowest BCUT2D eigenvalue weighted by Crippen LogP contribution is -2.37. The zero-order valence-corrected chi connectivity index (χ0v) is 14.0. The van der Waals surface area contributed by atoms with Gasteiger partial charge in [-0.3, -0.25) is 0 Å². The molecule has 1 aromatic carbocycles. The second-order valence-corrected chi connectivity index (χ2v) is 7.91. The van der Waals surface area contributed by atoms with E-state index in [4.69, 9.17) is 0 Å². The lowest BCUT2D eigenvalue weighted by molar-refractivity contribution is 0.541. The maximum absolute atomic E-state index is 3.59. The molecule has 0 amide bonds. The third-order valence-corrected chi connectivity index (χ3v) is 7.25. The van der Waals surface area contributed by atoms with Crippen LogP contribution >= 0.6 is 23.5 Å². The molecule has 0 saturated carbocycles. The third-order valence-electron chi connectivity index (χ3n) is 3.90. The summed E-state index contributed by atoms with van der Waals surface area (Å²) in [6, 6.07) is 7.31. The minimum atomic E-state index is 0.475. The van der Waals surface area contributed by atoms with Gasteiger partial charge in [0, 0.05) is 28.0 Å². The normalized spacial score (nSPS) is 25.3. The van der Waals surface area contributed by atoms with Crippen molar-refractivity contribution >= 4 is 23.5 Å². The summed E-state index contributed by atoms with van der Waals surface area (Å²) >= 11 is 4.31. The predicted molar refractivity (Wildman–Crippen MR) is 90.5 cm³/mol. The summed E-state index contributed by atoms with van der Waals surface area (Å²) in [5, 5.41) is 5.05. The lowest BCUT2D eigenvalue weighted by atomic mass is 9.94. The van der Waals surface area contributed by atoms with Crippen LogP contribution in [0.4, 0.5) is 0 Å². The van der Waals surface area contributed by atoms with Gasteiger partial charge in [-0.2, -0.15) is 23.5 Å². The highest BCUT2D eigenvalue weighted by atomic mass is 32.2. The van der Waals surface area contributed by atoms with Gasteiger partial charge in [-0.25, -0.2) is 0 Å². The summed E-state index contributed by atoms with van der Waals surface area (Å²) in [5.74, 6) is 2.60. The van der Waals surface area contributed by atoms with E-state index in [0.717, 1.165) is 5.25 Å². The van der Waals surface area contributed by atoms with Crippen LogP contribution in [0.25, 0.3) is 0 Å². The molecule has 0 spiro atoms. The highest BCUT2D eigenvalue weighted by Gasteiger charge is 2.32. The van der Waals surface area contributed by atoms with Crippen molar-refractivity contribution in [1.29, 1.82) is 0 Å². The summed E-state index contributed by atoms with van der Waals surface area (Å²) in [6.07, 6.45) is 1.27. The summed E-state index contributed by atoms with van der Waals surface area (Å²) in [7, 11) is 2.11. The Balaban J connectivity index is 2.29. The topological polar surface area (TPSA) is 12.0 Å². The molecule has 3 unspecified atom stereocenters. The zero-order valence-electron chi connectivity index (χ0n) is 12.4. The minimum Gasteiger partial charge on any atom is -0.312 e. The Hall–Kier alpha value is -0.120. The minimum absolute atomic E-state index is 0.475. The Labute approximate surface area is 126 Å². The molecule has 2 rings (SSSR count). The highest BCUT2D eigenvalue weighted by molar-refractivity contribution is 8.07. The van der Waals surface area contributed by atoms with Gasteiger partial charge in [0.1, 0.15) is 0 Å². The van der Waals surface area contributed by atoms with Crippen LogP contribution in [0.3, 0.4) is 0 Å². The van der Waals surface area contributed by atoms with Crippen LogP contribution in [0.15, 0.2) is 18.2 Å². The van der Waals surface area contributed by atoms with Crippen molar-refractivity contribution in [2.24, 2.45) is 0 Å². The molecule has 1 aromatic rings. The van der Waals surface area contributed by atoms with E-state index in [1.165, 1.54) is 34.6 Å². The van der Waals surface area contributed by atoms with E-state index in [-0.39, 0.29) is 0 Å². The van der Waals surface area contributed by atoms with Gasteiger partial charge in [0.05, 0.1) is 0 Å². The standard InChI is InChI=1S/C16H25NS2/c1-5-14-16(19-9-8-18-14)15(17-4)13-10-11(2)6-7-12(13)3/h6-7,10,14-17H,5,8-9H2,1-4H3. The van der Waals surface area contributed by atoms with Crippen LogP contribution in [0, 0.1) is 13.8 Å². The zero-order chi connectivity index (χ0) is 13.8. The summed E-state index contributed by atoms with van der Waals surface area (Å²) < 4.78 is 0. The van der Waals surface area contributed by atoms with Gasteiger partial charge in [0.2, 0.25) is 0 Å². The van der Waals surface area contributed by atoms with Crippen LogP contribution < -0.4 is 5.32 Å². The molecule has 3 atom stereocenters. The van der Waals surface area contributed by atoms with Crippen molar-refractivity contribution in [2.45, 2.75) is 43.7 Å². The van der Waals surface area contributed by atoms with Crippen molar-refractivity contribution in [2.75, 3.05) is 18.6 Å². The van der Waals surface area contributed by atoms with E-state index in [1.807, 2.05) is 0 Å². The van der Waals surface area contributed by atoms with Crippen molar-refractivity contribution in [3.05, 3.63) is 34.9 Å². The number of hydrogen-bond donors (Lipinski definition) is 1. The lowest BCUT2D eigenvalue weighted by Gasteiger charge is -2.36. The predicted octanol–water partition coefficient (Wildman–Crippen LogP) is 4.19. The van der Waals surface area contributed by atoms with Crippen LogP contribution in [0.5, 0.6) is 0 Å². The Morgan fingerprint density at radius 3 is 2.68 bits per heavy atom. The van der Waals surface area contributed by atoms with Gasteiger partial charge < -0.3 is 5.32 Å². The van der Waals surface area contributed by atoms with Crippen LogP contribution in [0.1, 0.15) is 36.1 Å². The molecule has 1 heterocycles. The molecule has 1 fully saturated rings. The van der Waals surface area contributed by atoms with Gasteiger partial charge in [-0.15, -0.1) is 0 Å². The Morgan fingerprint density at radius 2 is 2.00 bits per heavy atom. The quantitative estimate of drug-likeness (QED) is 0.894. The summed E-state index contributed by atoms with van der Waals surface area (Å²) in [4.78, 5) is 0. The SMILES string of the molecule is CCC1SCCSC1C(NC)c1cc(C)ccc1C. The van der Waals surface area contributed by atoms with E-state index in [1.54, 1.807) is 0 Å². The summed E-state index contributed by atoms with van der Waals surface area (Å²) in [5.41, 5.74) is 4.26. The third kappa shape index (κ3) is 3.50. The number of hydrogen-bond acceptors (Lipinski definition) is 3. The number of benzene rings is 1. The molecule has 1 saturated heterocycles. The van der Waals surface area contributed by atoms with Crippen LogP contribution in [0.2, 0.25) is 0 Å². The first-order chi connectivity index (χ1) is 9.17. The maximum Gasteiger partial charge on any atom is 0.0451 e. The molecular weight excluding hydrogens is 270 g/mol. The Bertz CT molecular complexity index is 419. The molecule has 1 nitrogen and oxygen atoms in total. The molecule has 1 aliphatic heterocycles. The first-order valence-electron chi connectivity index (χ1n) is 7.15. The van der Waals surface area contributed by atoms with Crippen LogP contribution in [-0.4, -0.2) is 29.1 Å². The van der Waals surface area contributed by atoms with Gasteiger partial charge in [0.15, 0.2) is 0 Å². The van der Waals surface area contributed by atoms with Gasteiger partial charge >= 0.3 is 0 Å². The molecular formula is C16H25NS2. The molecule has 0 aliphatic carbocycles. The second kappa shape index (κ2) is 7.05. The van der Waals surface area contributed by atoms with Gasteiger partial charge in [-0.1, -0.05) is 30.7 Å². The highest BCUT2D eigenvalue weighted by Crippen LogP contribution is 2.40. The van der Waals surface area contributed by atoms with E-state index in [2.05, 4.69) is 74.9 Å². The van der Waals surface area contributed by atoms with E-state index in [0.29, 0.717) is 11.3 Å². The average molecular weight is 296 g/mol. The first kappa shape index (κ1) is 15.3. The Kier molecular flexibility index (Phi) is 5.67. The van der Waals surface area contributed by atoms with Crippen molar-refractivity contribution in [3.8, 4) is 0 Å². The fourth-order valence-electron chi connectivity index (χ4n) is 2.84. The molecule has 0 radical (unpaired) electrons. The summed E-state index contributed by atoms with van der Waals surface area (Å²) in [6.45, 7) is 6.75. The number of aryl methyl sites for hydroxylation is 2. The van der Waals surface area contributed by atoms with Gasteiger partial charge in [0.25, 0.3) is 0 Å². The van der Waals surface area contributed by atoms with E-state index < -0.39 is 0 Å². The largest absolute Gasteiger partial charge is 0.312 e. The molecule has 106 valence electrons. The molecule has 0 aromatic heterocycles. The molecule has 1 aliphatic rings. The maximum atomic E-state index is 3.59.